The maximum atomic E-state index is 5.62. The highest BCUT2D eigenvalue weighted by Gasteiger charge is 2.13. The van der Waals surface area contributed by atoms with Crippen molar-refractivity contribution in [3.8, 4) is 11.5 Å². The van der Waals surface area contributed by atoms with E-state index in [1.54, 1.807) is 14.2 Å². The van der Waals surface area contributed by atoms with Crippen LogP contribution in [-0.2, 0) is 6.42 Å². The monoisotopic (exact) mass is 277 g/mol. The molecule has 0 saturated heterocycles. The highest BCUT2D eigenvalue weighted by atomic mass is 16.5. The summed E-state index contributed by atoms with van der Waals surface area (Å²) in [4.78, 5) is 0. The minimum absolute atomic E-state index is 0.662. The molecule has 0 spiro atoms. The van der Waals surface area contributed by atoms with Gasteiger partial charge in [0.2, 0.25) is 0 Å². The molecule has 0 aliphatic rings. The smallest absolute Gasteiger partial charge is 0.141 e. The van der Waals surface area contributed by atoms with E-state index in [1.165, 1.54) is 0 Å². The Hall–Kier alpha value is -1.68. The van der Waals surface area contributed by atoms with Crippen LogP contribution in [0.1, 0.15) is 19.4 Å². The topological polar surface area (TPSA) is 43.6 Å². The molecule has 2 aromatic rings. The summed E-state index contributed by atoms with van der Waals surface area (Å²) in [6.45, 7) is 6.37. The Morgan fingerprint density at radius 2 is 2.00 bits per heavy atom. The molecule has 20 heavy (non-hydrogen) atoms. The molecule has 110 valence electrons. The Morgan fingerprint density at radius 1 is 1.20 bits per heavy atom. The molecule has 4 nitrogen and oxygen atoms in total. The van der Waals surface area contributed by atoms with Crippen molar-refractivity contribution in [2.45, 2.75) is 20.3 Å². The zero-order chi connectivity index (χ0) is 14.5. The van der Waals surface area contributed by atoms with Crippen LogP contribution in [0.25, 0.3) is 11.0 Å². The van der Waals surface area contributed by atoms with Gasteiger partial charge in [0.1, 0.15) is 17.1 Å². The molecule has 0 unspecified atom stereocenters. The molecule has 1 N–H and O–H groups in total. The normalized spacial score (nSPS) is 11.2. The first-order valence-electron chi connectivity index (χ1n) is 6.98. The molecule has 1 heterocycles. The van der Waals surface area contributed by atoms with Crippen LogP contribution < -0.4 is 14.8 Å². The second-order valence-electron chi connectivity index (χ2n) is 5.31. The third-order valence-electron chi connectivity index (χ3n) is 3.27. The Kier molecular flexibility index (Phi) is 4.90. The summed E-state index contributed by atoms with van der Waals surface area (Å²) in [6, 6.07) is 3.78. The van der Waals surface area contributed by atoms with Gasteiger partial charge in [0, 0.05) is 17.7 Å². The van der Waals surface area contributed by atoms with E-state index in [1.807, 2.05) is 18.4 Å². The van der Waals surface area contributed by atoms with Gasteiger partial charge in [-0.2, -0.15) is 0 Å². The first-order valence-corrected chi connectivity index (χ1v) is 6.98. The van der Waals surface area contributed by atoms with E-state index in [-0.39, 0.29) is 0 Å². The molecular weight excluding hydrogens is 254 g/mol. The van der Waals surface area contributed by atoms with Crippen LogP contribution in [0.5, 0.6) is 11.5 Å². The molecule has 0 aliphatic heterocycles. The predicted octanol–water partition coefficient (Wildman–Crippen LogP) is 3.24. The summed E-state index contributed by atoms with van der Waals surface area (Å²) in [5, 5.41) is 4.48. The van der Waals surface area contributed by atoms with E-state index < -0.39 is 0 Å². The number of fused-ring (bicyclic) bond motifs is 1. The van der Waals surface area contributed by atoms with Crippen LogP contribution in [0.3, 0.4) is 0 Å². The second-order valence-corrected chi connectivity index (χ2v) is 5.31. The van der Waals surface area contributed by atoms with Gasteiger partial charge in [-0.3, -0.25) is 0 Å². The molecule has 0 aliphatic carbocycles. The van der Waals surface area contributed by atoms with Gasteiger partial charge >= 0.3 is 0 Å². The number of methoxy groups -OCH3 is 2. The number of furan rings is 1. The fourth-order valence-corrected chi connectivity index (χ4v) is 2.25. The van der Waals surface area contributed by atoms with Crippen molar-refractivity contribution in [3.63, 3.8) is 0 Å². The average Bonchev–Trinajstić information content (AvgIpc) is 2.85. The summed E-state index contributed by atoms with van der Waals surface area (Å²) in [5.41, 5.74) is 1.97. The predicted molar refractivity (Wildman–Crippen MR) is 80.7 cm³/mol. The highest BCUT2D eigenvalue weighted by molar-refractivity contribution is 5.89. The molecule has 0 fully saturated rings. The number of rotatable bonds is 7. The molecule has 4 heteroatoms. The number of nitrogens with one attached hydrogen (secondary N) is 1. The van der Waals surface area contributed by atoms with Gasteiger partial charge in [-0.15, -0.1) is 0 Å². The lowest BCUT2D eigenvalue weighted by Gasteiger charge is -2.08. The zero-order valence-electron chi connectivity index (χ0n) is 12.7. The van der Waals surface area contributed by atoms with Gasteiger partial charge in [0.05, 0.1) is 25.9 Å². The van der Waals surface area contributed by atoms with Crippen molar-refractivity contribution in [1.29, 1.82) is 0 Å². The molecule has 0 amide bonds. The first-order chi connectivity index (χ1) is 9.65. The molecule has 2 rings (SSSR count). The molecule has 0 atom stereocenters. The third-order valence-corrected chi connectivity index (χ3v) is 3.27. The molecule has 0 radical (unpaired) electrons. The zero-order valence-corrected chi connectivity index (χ0v) is 12.7. The van der Waals surface area contributed by atoms with E-state index in [2.05, 4.69) is 19.2 Å². The third kappa shape index (κ3) is 3.25. The fraction of sp³-hybridized carbons (Fsp3) is 0.500. The number of benzene rings is 1. The van der Waals surface area contributed by atoms with Crippen LogP contribution in [0.15, 0.2) is 22.8 Å². The minimum Gasteiger partial charge on any atom is -0.496 e. The lowest BCUT2D eigenvalue weighted by Crippen LogP contribution is -2.22. The van der Waals surface area contributed by atoms with Gasteiger partial charge in [-0.05, 0) is 25.4 Å². The quantitative estimate of drug-likeness (QED) is 0.789. The Morgan fingerprint density at radius 3 is 2.65 bits per heavy atom. The van der Waals surface area contributed by atoms with E-state index in [9.17, 15) is 0 Å². The number of ether oxygens (including phenoxy) is 2. The molecule has 0 saturated carbocycles. The van der Waals surface area contributed by atoms with Crippen LogP contribution >= 0.6 is 0 Å². The van der Waals surface area contributed by atoms with Gasteiger partial charge < -0.3 is 19.2 Å². The SMILES string of the molecule is COc1cc(OC)c2c(CCNCC(C)C)coc2c1. The fourth-order valence-electron chi connectivity index (χ4n) is 2.25. The first kappa shape index (κ1) is 14.7. The second kappa shape index (κ2) is 6.66. The Bertz CT molecular complexity index is 560. The van der Waals surface area contributed by atoms with Crippen LogP contribution in [-0.4, -0.2) is 27.3 Å². The number of hydrogen-bond donors (Lipinski definition) is 1. The van der Waals surface area contributed by atoms with Crippen LogP contribution in [0.2, 0.25) is 0 Å². The van der Waals surface area contributed by atoms with Gasteiger partial charge in [0.15, 0.2) is 0 Å². The minimum atomic E-state index is 0.662. The molecule has 0 bridgehead atoms. The van der Waals surface area contributed by atoms with Crippen LogP contribution in [0.4, 0.5) is 0 Å². The molecular formula is C16H23NO3. The van der Waals surface area contributed by atoms with Crippen LogP contribution in [0, 0.1) is 5.92 Å². The summed E-state index contributed by atoms with van der Waals surface area (Å²) >= 11 is 0. The lowest BCUT2D eigenvalue weighted by molar-refractivity contribution is 0.397. The summed E-state index contributed by atoms with van der Waals surface area (Å²) in [7, 11) is 3.31. The van der Waals surface area contributed by atoms with Crippen molar-refractivity contribution >= 4 is 11.0 Å². The summed E-state index contributed by atoms with van der Waals surface area (Å²) < 4.78 is 16.3. The van der Waals surface area contributed by atoms with E-state index in [4.69, 9.17) is 13.9 Å². The van der Waals surface area contributed by atoms with Crippen molar-refractivity contribution < 1.29 is 13.9 Å². The van der Waals surface area contributed by atoms with Gasteiger partial charge in [0.25, 0.3) is 0 Å². The van der Waals surface area contributed by atoms with E-state index in [0.717, 1.165) is 47.5 Å². The lowest BCUT2D eigenvalue weighted by atomic mass is 10.1. The molecule has 1 aromatic heterocycles. The van der Waals surface area contributed by atoms with Crippen molar-refractivity contribution in [1.82, 2.24) is 5.32 Å². The highest BCUT2D eigenvalue weighted by Crippen LogP contribution is 2.34. The van der Waals surface area contributed by atoms with E-state index in [0.29, 0.717) is 5.92 Å². The van der Waals surface area contributed by atoms with Gasteiger partial charge in [-0.1, -0.05) is 13.8 Å². The standard InChI is InChI=1S/C16H23NO3/c1-11(2)9-17-6-5-12-10-20-15-8-13(18-3)7-14(19-4)16(12)15/h7-8,10-11,17H,5-6,9H2,1-4H3. The van der Waals surface area contributed by atoms with Crippen molar-refractivity contribution in [2.24, 2.45) is 5.92 Å². The Labute approximate surface area is 120 Å². The van der Waals surface area contributed by atoms with E-state index >= 15 is 0 Å². The maximum Gasteiger partial charge on any atom is 0.141 e. The molecule has 1 aromatic carbocycles. The van der Waals surface area contributed by atoms with Gasteiger partial charge in [-0.25, -0.2) is 0 Å². The largest absolute Gasteiger partial charge is 0.496 e. The summed E-state index contributed by atoms with van der Waals surface area (Å²) in [6.07, 6.45) is 2.73. The van der Waals surface area contributed by atoms with Crippen molar-refractivity contribution in [3.05, 3.63) is 24.0 Å². The van der Waals surface area contributed by atoms with Crippen molar-refractivity contribution in [2.75, 3.05) is 27.3 Å². The average molecular weight is 277 g/mol. The Balaban J connectivity index is 2.18. The summed E-state index contributed by atoms with van der Waals surface area (Å²) in [5.74, 6) is 2.20. The maximum absolute atomic E-state index is 5.62. The number of hydrogen-bond acceptors (Lipinski definition) is 4.